The van der Waals surface area contributed by atoms with E-state index in [4.69, 9.17) is 18.9 Å². The number of aryl methyl sites for hydroxylation is 1. The Morgan fingerprint density at radius 3 is 2.31 bits per heavy atom. The summed E-state index contributed by atoms with van der Waals surface area (Å²) >= 11 is 0. The first-order valence-electron chi connectivity index (χ1n) is 10.2. The van der Waals surface area contributed by atoms with Gasteiger partial charge in [0.05, 0.1) is 20.8 Å². The van der Waals surface area contributed by atoms with E-state index < -0.39 is 18.0 Å². The number of ether oxygens (including phenoxy) is 4. The fourth-order valence-corrected chi connectivity index (χ4v) is 3.47. The van der Waals surface area contributed by atoms with Crippen molar-refractivity contribution in [3.05, 3.63) is 46.5 Å². The second-order valence-corrected chi connectivity index (χ2v) is 7.81. The molecule has 0 radical (unpaired) electrons. The molecule has 2 N–H and O–H groups in total. The zero-order valence-corrected chi connectivity index (χ0v) is 19.2. The number of esters is 2. The van der Waals surface area contributed by atoms with Crippen LogP contribution in [0.5, 0.6) is 23.0 Å². The standard InChI is InChI=1S/C24H30O8/c1-13(2)9-20(31-15(4)26)17-7-8-19(21(23(17)29-5)24(28)30-6)32-22-16(12-25)10-14(3)11-18(22)27/h7-8,10-11,13,20,25,27H,9,12H2,1-6H3. The average molecular weight is 446 g/mol. The Morgan fingerprint density at radius 1 is 1.09 bits per heavy atom. The first-order chi connectivity index (χ1) is 15.1. The van der Waals surface area contributed by atoms with Gasteiger partial charge in [-0.05, 0) is 49.1 Å². The van der Waals surface area contributed by atoms with Gasteiger partial charge in [-0.1, -0.05) is 13.8 Å². The number of aromatic hydroxyl groups is 1. The van der Waals surface area contributed by atoms with Crippen molar-refractivity contribution < 1.29 is 38.7 Å². The first kappa shape index (κ1) is 25.0. The molecule has 8 nitrogen and oxygen atoms in total. The summed E-state index contributed by atoms with van der Waals surface area (Å²) in [7, 11) is 2.61. The molecule has 0 aromatic heterocycles. The van der Waals surface area contributed by atoms with Crippen LogP contribution in [0.4, 0.5) is 0 Å². The highest BCUT2D eigenvalue weighted by molar-refractivity contribution is 5.96. The highest BCUT2D eigenvalue weighted by Gasteiger charge is 2.29. The molecule has 0 fully saturated rings. The molecule has 0 bridgehead atoms. The second kappa shape index (κ2) is 10.9. The summed E-state index contributed by atoms with van der Waals surface area (Å²) < 4.78 is 21.9. The highest BCUT2D eigenvalue weighted by Crippen LogP contribution is 2.43. The minimum atomic E-state index is -0.734. The van der Waals surface area contributed by atoms with Crippen LogP contribution < -0.4 is 9.47 Å². The van der Waals surface area contributed by atoms with E-state index in [1.54, 1.807) is 19.1 Å². The normalized spacial score (nSPS) is 11.8. The maximum absolute atomic E-state index is 12.7. The fourth-order valence-electron chi connectivity index (χ4n) is 3.47. The summed E-state index contributed by atoms with van der Waals surface area (Å²) in [5, 5.41) is 20.1. The minimum Gasteiger partial charge on any atom is -0.504 e. The van der Waals surface area contributed by atoms with E-state index in [9.17, 15) is 19.8 Å². The zero-order chi connectivity index (χ0) is 24.0. The summed E-state index contributed by atoms with van der Waals surface area (Å²) in [4.78, 5) is 24.4. The number of phenolic OH excluding ortho intramolecular Hbond substituents is 1. The number of hydrogen-bond acceptors (Lipinski definition) is 8. The Hall–Kier alpha value is -3.26. The van der Waals surface area contributed by atoms with E-state index >= 15 is 0 Å². The molecule has 2 aromatic rings. The molecule has 2 rings (SSSR count). The Morgan fingerprint density at radius 2 is 1.78 bits per heavy atom. The van der Waals surface area contributed by atoms with Gasteiger partial charge in [0.1, 0.15) is 23.2 Å². The predicted octanol–water partition coefficient (Wildman–Crippen LogP) is 4.43. The van der Waals surface area contributed by atoms with Gasteiger partial charge in [0.15, 0.2) is 11.5 Å². The second-order valence-electron chi connectivity index (χ2n) is 7.81. The SMILES string of the molecule is COC(=O)c1c(Oc2c(O)cc(C)cc2CO)ccc(C(CC(C)C)OC(C)=O)c1OC. The molecule has 174 valence electrons. The van der Waals surface area contributed by atoms with Gasteiger partial charge in [-0.2, -0.15) is 0 Å². The van der Waals surface area contributed by atoms with Crippen LogP contribution in [0, 0.1) is 12.8 Å². The van der Waals surface area contributed by atoms with Crippen LogP contribution in [-0.4, -0.2) is 36.4 Å². The molecule has 0 heterocycles. The molecule has 1 unspecified atom stereocenters. The van der Waals surface area contributed by atoms with E-state index in [1.165, 1.54) is 33.3 Å². The van der Waals surface area contributed by atoms with Gasteiger partial charge in [0, 0.05) is 18.1 Å². The van der Waals surface area contributed by atoms with Crippen molar-refractivity contribution in [3.8, 4) is 23.0 Å². The van der Waals surface area contributed by atoms with E-state index in [2.05, 4.69) is 0 Å². The van der Waals surface area contributed by atoms with Gasteiger partial charge >= 0.3 is 11.9 Å². The zero-order valence-electron chi connectivity index (χ0n) is 19.2. The Balaban J connectivity index is 2.69. The highest BCUT2D eigenvalue weighted by atomic mass is 16.5. The van der Waals surface area contributed by atoms with Gasteiger partial charge in [0.2, 0.25) is 0 Å². The minimum absolute atomic E-state index is 0.0109. The third kappa shape index (κ3) is 5.70. The molecule has 0 saturated heterocycles. The Labute approximate surface area is 187 Å². The van der Waals surface area contributed by atoms with Crippen molar-refractivity contribution >= 4 is 11.9 Å². The lowest BCUT2D eigenvalue weighted by molar-refractivity contribution is -0.147. The molecule has 32 heavy (non-hydrogen) atoms. The maximum Gasteiger partial charge on any atom is 0.345 e. The van der Waals surface area contributed by atoms with Crippen molar-refractivity contribution in [1.29, 1.82) is 0 Å². The number of aliphatic hydroxyl groups is 1. The molecule has 2 aromatic carbocycles. The van der Waals surface area contributed by atoms with Crippen LogP contribution in [0.2, 0.25) is 0 Å². The van der Waals surface area contributed by atoms with Crippen LogP contribution >= 0.6 is 0 Å². The quantitative estimate of drug-likeness (QED) is 0.544. The molecular formula is C24H30O8. The molecule has 0 amide bonds. The monoisotopic (exact) mass is 446 g/mol. The van der Waals surface area contributed by atoms with Gasteiger partial charge in [0.25, 0.3) is 0 Å². The number of carbonyl (C=O) groups excluding carboxylic acids is 2. The number of rotatable bonds is 9. The van der Waals surface area contributed by atoms with Gasteiger partial charge in [-0.3, -0.25) is 4.79 Å². The molecular weight excluding hydrogens is 416 g/mol. The van der Waals surface area contributed by atoms with E-state index in [0.717, 1.165) is 5.56 Å². The lowest BCUT2D eigenvalue weighted by Crippen LogP contribution is -2.15. The van der Waals surface area contributed by atoms with E-state index in [1.807, 2.05) is 13.8 Å². The van der Waals surface area contributed by atoms with E-state index in [-0.39, 0.29) is 41.1 Å². The lowest BCUT2D eigenvalue weighted by atomic mass is 9.96. The number of carbonyl (C=O) groups is 2. The van der Waals surface area contributed by atoms with Crippen LogP contribution in [0.3, 0.4) is 0 Å². The summed E-state index contributed by atoms with van der Waals surface area (Å²) in [6.45, 7) is 6.67. The van der Waals surface area contributed by atoms with Gasteiger partial charge in [-0.25, -0.2) is 4.79 Å². The predicted molar refractivity (Wildman–Crippen MR) is 117 cm³/mol. The number of hydrogen-bond donors (Lipinski definition) is 2. The van der Waals surface area contributed by atoms with Crippen molar-refractivity contribution in [2.24, 2.45) is 5.92 Å². The van der Waals surface area contributed by atoms with Gasteiger partial charge < -0.3 is 29.2 Å². The number of aliphatic hydroxyl groups excluding tert-OH is 1. The van der Waals surface area contributed by atoms with Crippen LogP contribution in [0.25, 0.3) is 0 Å². The number of methoxy groups -OCH3 is 2. The van der Waals surface area contributed by atoms with Gasteiger partial charge in [-0.15, -0.1) is 0 Å². The Kier molecular flexibility index (Phi) is 8.48. The number of phenols is 1. The van der Waals surface area contributed by atoms with Crippen LogP contribution in [-0.2, 0) is 20.9 Å². The summed E-state index contributed by atoms with van der Waals surface area (Å²) in [6, 6.07) is 6.30. The molecule has 8 heteroatoms. The van der Waals surface area contributed by atoms with Crippen LogP contribution in [0.1, 0.15) is 60.3 Å². The largest absolute Gasteiger partial charge is 0.504 e. The summed E-state index contributed by atoms with van der Waals surface area (Å²) in [6.07, 6.45) is -0.148. The molecule has 1 atom stereocenters. The molecule has 0 saturated carbocycles. The Bertz CT molecular complexity index is 980. The van der Waals surface area contributed by atoms with E-state index in [0.29, 0.717) is 17.5 Å². The number of benzene rings is 2. The topological polar surface area (TPSA) is 112 Å². The summed E-state index contributed by atoms with van der Waals surface area (Å²) in [5.74, 6) is -0.993. The lowest BCUT2D eigenvalue weighted by Gasteiger charge is -2.24. The van der Waals surface area contributed by atoms with Crippen LogP contribution in [0.15, 0.2) is 24.3 Å². The third-order valence-corrected chi connectivity index (χ3v) is 4.76. The average Bonchev–Trinajstić information content (AvgIpc) is 2.72. The smallest absolute Gasteiger partial charge is 0.345 e. The van der Waals surface area contributed by atoms with Crippen molar-refractivity contribution in [1.82, 2.24) is 0 Å². The van der Waals surface area contributed by atoms with Crippen molar-refractivity contribution in [2.45, 2.75) is 46.8 Å². The molecule has 0 spiro atoms. The maximum atomic E-state index is 12.7. The third-order valence-electron chi connectivity index (χ3n) is 4.76. The van der Waals surface area contributed by atoms with Crippen molar-refractivity contribution in [3.63, 3.8) is 0 Å². The van der Waals surface area contributed by atoms with Crippen molar-refractivity contribution in [2.75, 3.05) is 14.2 Å². The fraction of sp³-hybridized carbons (Fsp3) is 0.417. The summed E-state index contributed by atoms with van der Waals surface area (Å²) in [5.41, 5.74) is 1.54. The molecule has 0 aliphatic carbocycles. The molecule has 0 aliphatic rings. The first-order valence-corrected chi connectivity index (χ1v) is 10.2. The molecule has 0 aliphatic heterocycles.